The van der Waals surface area contributed by atoms with Crippen LogP contribution in [0.4, 0.5) is 0 Å². The molecule has 1 unspecified atom stereocenters. The Balaban J connectivity index is 2.22. The van der Waals surface area contributed by atoms with E-state index in [1.807, 2.05) is 12.1 Å². The largest absolute Gasteiger partial charge is 0.351 e. The number of rotatable bonds is 4. The Morgan fingerprint density at radius 3 is 2.94 bits per heavy atom. The van der Waals surface area contributed by atoms with Gasteiger partial charge in [0.2, 0.25) is 0 Å². The molecule has 0 bridgehead atoms. The van der Waals surface area contributed by atoms with Gasteiger partial charge in [0.05, 0.1) is 11.1 Å². The van der Waals surface area contributed by atoms with E-state index in [2.05, 4.69) is 38.1 Å². The molecule has 1 atom stereocenters. The maximum Gasteiger partial charge on any atom is 0.253 e. The van der Waals surface area contributed by atoms with E-state index in [-0.39, 0.29) is 5.91 Å². The van der Waals surface area contributed by atoms with Crippen LogP contribution in [0.2, 0.25) is 0 Å². The summed E-state index contributed by atoms with van der Waals surface area (Å²) < 4.78 is 0. The molecule has 1 N–H and O–H groups in total. The first-order valence-corrected chi connectivity index (χ1v) is 6.76. The van der Waals surface area contributed by atoms with Crippen molar-refractivity contribution in [2.75, 3.05) is 6.54 Å². The number of halogens is 1. The van der Waals surface area contributed by atoms with E-state index in [0.29, 0.717) is 22.5 Å². The van der Waals surface area contributed by atoms with E-state index < -0.39 is 0 Å². The molecule has 1 amide bonds. The van der Waals surface area contributed by atoms with Crippen molar-refractivity contribution in [2.45, 2.75) is 18.2 Å². The summed E-state index contributed by atoms with van der Waals surface area (Å²) >= 11 is 3.48. The van der Waals surface area contributed by atoms with Gasteiger partial charge in [-0.1, -0.05) is 28.9 Å². The minimum atomic E-state index is -0.112. The molecule has 0 aliphatic rings. The van der Waals surface area contributed by atoms with E-state index in [9.17, 15) is 4.79 Å². The second kappa shape index (κ2) is 5.91. The molecule has 94 valence electrons. The molecular weight excluding hydrogens is 294 g/mol. The van der Waals surface area contributed by atoms with Gasteiger partial charge < -0.3 is 5.32 Å². The number of carbonyl (C=O) groups excluding carboxylic acids is 1. The standard InChI is InChI=1S/C13H14BrN3O/c1-2-9(14)8-17-13(18)10-4-3-5-11-12(10)16-7-6-15-11/h3-7,9H,2,8H2,1H3,(H,17,18). The Labute approximate surface area is 114 Å². The van der Waals surface area contributed by atoms with Gasteiger partial charge in [0.15, 0.2) is 0 Å². The molecule has 2 rings (SSSR count). The number of alkyl halides is 1. The molecule has 1 heterocycles. The van der Waals surface area contributed by atoms with Crippen LogP contribution in [-0.4, -0.2) is 27.2 Å². The Morgan fingerprint density at radius 1 is 1.39 bits per heavy atom. The number of fused-ring (bicyclic) bond motifs is 1. The summed E-state index contributed by atoms with van der Waals surface area (Å²) in [6.45, 7) is 2.67. The predicted octanol–water partition coefficient (Wildman–Crippen LogP) is 2.53. The second-order valence-electron chi connectivity index (χ2n) is 3.95. The Morgan fingerprint density at radius 2 is 2.17 bits per heavy atom. The number of benzene rings is 1. The molecule has 2 aromatic rings. The molecule has 1 aromatic heterocycles. The number of para-hydroxylation sites is 1. The summed E-state index contributed by atoms with van der Waals surface area (Å²) in [5.74, 6) is -0.112. The first kappa shape index (κ1) is 13.0. The third-order valence-electron chi connectivity index (χ3n) is 2.67. The van der Waals surface area contributed by atoms with Crippen LogP contribution < -0.4 is 5.32 Å². The maximum atomic E-state index is 12.1. The summed E-state index contributed by atoms with van der Waals surface area (Å²) in [5.41, 5.74) is 1.94. The lowest BCUT2D eigenvalue weighted by atomic mass is 10.1. The zero-order chi connectivity index (χ0) is 13.0. The van der Waals surface area contributed by atoms with Crippen molar-refractivity contribution in [3.8, 4) is 0 Å². The molecule has 0 saturated heterocycles. The third-order valence-corrected chi connectivity index (χ3v) is 3.64. The van der Waals surface area contributed by atoms with Gasteiger partial charge in [-0.05, 0) is 18.6 Å². The molecule has 1 aromatic carbocycles. The fourth-order valence-corrected chi connectivity index (χ4v) is 1.78. The molecule has 0 spiro atoms. The zero-order valence-corrected chi connectivity index (χ0v) is 11.6. The number of hydrogen-bond donors (Lipinski definition) is 1. The average molecular weight is 308 g/mol. The molecule has 0 aliphatic heterocycles. The van der Waals surface area contributed by atoms with Crippen LogP contribution in [0.5, 0.6) is 0 Å². The summed E-state index contributed by atoms with van der Waals surface area (Å²) in [6.07, 6.45) is 4.18. The van der Waals surface area contributed by atoms with Crippen molar-refractivity contribution in [3.63, 3.8) is 0 Å². The summed E-state index contributed by atoms with van der Waals surface area (Å²) in [6, 6.07) is 5.43. The Kier molecular flexibility index (Phi) is 4.25. The lowest BCUT2D eigenvalue weighted by Crippen LogP contribution is -2.29. The maximum absolute atomic E-state index is 12.1. The van der Waals surface area contributed by atoms with E-state index >= 15 is 0 Å². The topological polar surface area (TPSA) is 54.9 Å². The highest BCUT2D eigenvalue weighted by atomic mass is 79.9. The van der Waals surface area contributed by atoms with E-state index in [0.717, 1.165) is 11.9 Å². The van der Waals surface area contributed by atoms with Gasteiger partial charge in [0, 0.05) is 23.8 Å². The highest BCUT2D eigenvalue weighted by molar-refractivity contribution is 9.09. The van der Waals surface area contributed by atoms with E-state index in [1.165, 1.54) is 0 Å². The zero-order valence-electron chi connectivity index (χ0n) is 10.1. The van der Waals surface area contributed by atoms with E-state index in [4.69, 9.17) is 0 Å². The molecule has 0 aliphatic carbocycles. The van der Waals surface area contributed by atoms with Crippen LogP contribution in [0.3, 0.4) is 0 Å². The van der Waals surface area contributed by atoms with Crippen molar-refractivity contribution >= 4 is 32.9 Å². The van der Waals surface area contributed by atoms with Gasteiger partial charge >= 0.3 is 0 Å². The highest BCUT2D eigenvalue weighted by Crippen LogP contribution is 2.13. The van der Waals surface area contributed by atoms with Gasteiger partial charge in [-0.2, -0.15) is 0 Å². The van der Waals surface area contributed by atoms with Gasteiger partial charge in [-0.15, -0.1) is 0 Å². The van der Waals surface area contributed by atoms with Crippen molar-refractivity contribution in [1.82, 2.24) is 15.3 Å². The number of nitrogens with one attached hydrogen (secondary N) is 1. The molecule has 0 fully saturated rings. The molecule has 5 heteroatoms. The predicted molar refractivity (Wildman–Crippen MR) is 74.9 cm³/mol. The Hall–Kier alpha value is -1.49. The Bertz CT molecular complexity index is 553. The van der Waals surface area contributed by atoms with Gasteiger partial charge in [-0.3, -0.25) is 14.8 Å². The molecule has 4 nitrogen and oxygen atoms in total. The minimum absolute atomic E-state index is 0.112. The fourth-order valence-electron chi connectivity index (χ4n) is 1.62. The number of aromatic nitrogens is 2. The van der Waals surface area contributed by atoms with Crippen molar-refractivity contribution in [1.29, 1.82) is 0 Å². The van der Waals surface area contributed by atoms with Crippen LogP contribution in [0.15, 0.2) is 30.6 Å². The van der Waals surface area contributed by atoms with E-state index in [1.54, 1.807) is 18.5 Å². The number of nitrogens with zero attached hydrogens (tertiary/aromatic N) is 2. The van der Waals surface area contributed by atoms with Gasteiger partial charge in [0.25, 0.3) is 5.91 Å². The first-order valence-electron chi connectivity index (χ1n) is 5.84. The average Bonchev–Trinajstić information content (AvgIpc) is 2.43. The fraction of sp³-hybridized carbons (Fsp3) is 0.308. The molecular formula is C13H14BrN3O. The van der Waals surface area contributed by atoms with Crippen LogP contribution in [-0.2, 0) is 0 Å². The minimum Gasteiger partial charge on any atom is -0.351 e. The monoisotopic (exact) mass is 307 g/mol. The second-order valence-corrected chi connectivity index (χ2v) is 5.24. The summed E-state index contributed by atoms with van der Waals surface area (Å²) in [7, 11) is 0. The van der Waals surface area contributed by atoms with Crippen LogP contribution in [0.1, 0.15) is 23.7 Å². The quantitative estimate of drug-likeness (QED) is 0.883. The number of amides is 1. The third kappa shape index (κ3) is 2.85. The van der Waals surface area contributed by atoms with Crippen LogP contribution in [0.25, 0.3) is 11.0 Å². The lowest BCUT2D eigenvalue weighted by molar-refractivity contribution is 0.0955. The molecule has 0 saturated carbocycles. The van der Waals surface area contributed by atoms with Gasteiger partial charge in [-0.25, -0.2) is 0 Å². The first-order chi connectivity index (χ1) is 8.72. The van der Waals surface area contributed by atoms with Gasteiger partial charge in [0.1, 0.15) is 5.52 Å². The SMILES string of the molecule is CCC(Br)CNC(=O)c1cccc2nccnc12. The van der Waals surface area contributed by atoms with Crippen LogP contribution >= 0.6 is 15.9 Å². The number of carbonyl (C=O) groups is 1. The number of hydrogen-bond acceptors (Lipinski definition) is 3. The summed E-state index contributed by atoms with van der Waals surface area (Å²) in [5, 5.41) is 2.89. The summed E-state index contributed by atoms with van der Waals surface area (Å²) in [4.78, 5) is 20.8. The molecule has 18 heavy (non-hydrogen) atoms. The smallest absolute Gasteiger partial charge is 0.253 e. The van der Waals surface area contributed by atoms with Crippen LogP contribution in [0, 0.1) is 0 Å². The lowest BCUT2D eigenvalue weighted by Gasteiger charge is -2.09. The normalized spacial score (nSPS) is 12.3. The van der Waals surface area contributed by atoms with Crippen molar-refractivity contribution in [2.24, 2.45) is 0 Å². The highest BCUT2D eigenvalue weighted by Gasteiger charge is 2.12. The molecule has 0 radical (unpaired) electrons. The van der Waals surface area contributed by atoms with Crippen molar-refractivity contribution < 1.29 is 4.79 Å². The van der Waals surface area contributed by atoms with Crippen molar-refractivity contribution in [3.05, 3.63) is 36.2 Å².